The van der Waals surface area contributed by atoms with Gasteiger partial charge in [-0.15, -0.1) is 0 Å². The number of rotatable bonds is 8. The van der Waals surface area contributed by atoms with E-state index in [1.807, 2.05) is 0 Å². The van der Waals surface area contributed by atoms with E-state index in [0.29, 0.717) is 14.5 Å². The SMILES string of the molecule is CCCCSc1ccc(SCCCC)[se]1. The van der Waals surface area contributed by atoms with E-state index in [1.54, 1.807) is 7.54 Å². The van der Waals surface area contributed by atoms with Crippen LogP contribution >= 0.6 is 23.5 Å². The van der Waals surface area contributed by atoms with E-state index in [2.05, 4.69) is 49.5 Å². The standard InChI is InChI=1S/C12H20S2Se/c1-3-5-9-13-11-7-8-12(15-11)14-10-6-4-2/h7-8H,3-6,9-10H2,1-2H3. The average Bonchev–Trinajstić information content (AvgIpc) is 2.67. The fraction of sp³-hybridized carbons (Fsp3) is 0.667. The van der Waals surface area contributed by atoms with Gasteiger partial charge in [-0.25, -0.2) is 0 Å². The molecule has 0 aromatic carbocycles. The van der Waals surface area contributed by atoms with Crippen molar-refractivity contribution in [3.63, 3.8) is 0 Å². The monoisotopic (exact) mass is 308 g/mol. The van der Waals surface area contributed by atoms with Gasteiger partial charge in [-0.3, -0.25) is 0 Å². The molecular formula is C12H20S2Se. The Morgan fingerprint density at radius 3 is 1.80 bits per heavy atom. The molecule has 0 saturated carbocycles. The fourth-order valence-corrected chi connectivity index (χ4v) is 6.79. The molecule has 0 saturated heterocycles. The first-order chi connectivity index (χ1) is 7.36. The van der Waals surface area contributed by atoms with Gasteiger partial charge >= 0.3 is 109 Å². The van der Waals surface area contributed by atoms with Crippen LogP contribution in [0.2, 0.25) is 0 Å². The summed E-state index contributed by atoms with van der Waals surface area (Å²) in [4.78, 5) is 0. The molecule has 1 heterocycles. The van der Waals surface area contributed by atoms with Gasteiger partial charge in [0.1, 0.15) is 0 Å². The number of hydrogen-bond donors (Lipinski definition) is 0. The zero-order valence-electron chi connectivity index (χ0n) is 9.62. The van der Waals surface area contributed by atoms with Gasteiger partial charge < -0.3 is 0 Å². The molecule has 0 amide bonds. The van der Waals surface area contributed by atoms with Gasteiger partial charge in [-0.05, 0) is 0 Å². The fourth-order valence-electron chi connectivity index (χ4n) is 1.09. The summed E-state index contributed by atoms with van der Waals surface area (Å²) in [6.45, 7) is 4.53. The Bertz CT molecular complexity index is 233. The molecule has 0 fully saturated rings. The van der Waals surface area contributed by atoms with Crippen molar-refractivity contribution < 1.29 is 0 Å². The van der Waals surface area contributed by atoms with Crippen LogP contribution in [-0.2, 0) is 0 Å². The molecule has 15 heavy (non-hydrogen) atoms. The molecule has 0 N–H and O–H groups in total. The molecule has 86 valence electrons. The van der Waals surface area contributed by atoms with Crippen LogP contribution in [0.4, 0.5) is 0 Å². The number of unbranched alkanes of at least 4 members (excludes halogenated alkanes) is 2. The average molecular weight is 307 g/mol. The van der Waals surface area contributed by atoms with Gasteiger partial charge in [0.25, 0.3) is 0 Å². The molecule has 0 radical (unpaired) electrons. The third-order valence-electron chi connectivity index (χ3n) is 2.04. The van der Waals surface area contributed by atoms with Crippen LogP contribution in [0.15, 0.2) is 19.7 Å². The summed E-state index contributed by atoms with van der Waals surface area (Å²) in [5, 5.41) is 0. The van der Waals surface area contributed by atoms with Crippen molar-refractivity contribution in [2.24, 2.45) is 0 Å². The van der Waals surface area contributed by atoms with Gasteiger partial charge in [0.2, 0.25) is 0 Å². The summed E-state index contributed by atoms with van der Waals surface area (Å²) >= 11 is 4.80. The predicted octanol–water partition coefficient (Wildman–Crippen LogP) is 4.53. The molecule has 3 heteroatoms. The van der Waals surface area contributed by atoms with Crippen molar-refractivity contribution in [2.75, 3.05) is 11.5 Å². The van der Waals surface area contributed by atoms with E-state index in [-0.39, 0.29) is 0 Å². The van der Waals surface area contributed by atoms with E-state index in [9.17, 15) is 0 Å². The first-order valence-corrected chi connectivity index (χ1v) is 9.40. The molecule has 1 aromatic rings. The van der Waals surface area contributed by atoms with E-state index in [1.165, 1.54) is 37.2 Å². The second kappa shape index (κ2) is 8.81. The second-order valence-electron chi connectivity index (χ2n) is 3.48. The van der Waals surface area contributed by atoms with Crippen molar-refractivity contribution in [1.29, 1.82) is 0 Å². The van der Waals surface area contributed by atoms with Crippen molar-refractivity contribution >= 4 is 38.0 Å². The topological polar surface area (TPSA) is 0 Å². The van der Waals surface area contributed by atoms with E-state index < -0.39 is 0 Å². The molecule has 1 aromatic heterocycles. The number of thioether (sulfide) groups is 2. The van der Waals surface area contributed by atoms with Gasteiger partial charge in [0.05, 0.1) is 0 Å². The van der Waals surface area contributed by atoms with Crippen LogP contribution in [0.3, 0.4) is 0 Å². The summed E-state index contributed by atoms with van der Waals surface area (Å²) in [5.74, 6) is 2.62. The third kappa shape index (κ3) is 6.11. The maximum absolute atomic E-state index is 2.34. The van der Waals surface area contributed by atoms with Crippen LogP contribution in [-0.4, -0.2) is 26.0 Å². The third-order valence-corrected chi connectivity index (χ3v) is 7.63. The minimum atomic E-state index is 0.650. The van der Waals surface area contributed by atoms with E-state index in [4.69, 9.17) is 0 Å². The molecule has 0 aliphatic heterocycles. The normalized spacial score (nSPS) is 10.8. The Morgan fingerprint density at radius 2 is 1.40 bits per heavy atom. The van der Waals surface area contributed by atoms with Gasteiger partial charge in [0.15, 0.2) is 0 Å². The van der Waals surface area contributed by atoms with Crippen molar-refractivity contribution in [1.82, 2.24) is 0 Å². The maximum atomic E-state index is 2.34. The Labute approximate surface area is 108 Å². The first-order valence-electron chi connectivity index (χ1n) is 5.72. The molecule has 0 bridgehead atoms. The van der Waals surface area contributed by atoms with Gasteiger partial charge in [0, 0.05) is 0 Å². The van der Waals surface area contributed by atoms with Crippen LogP contribution in [0.25, 0.3) is 0 Å². The van der Waals surface area contributed by atoms with Crippen LogP contribution in [0.5, 0.6) is 0 Å². The summed E-state index contributed by atoms with van der Waals surface area (Å²) in [5.41, 5.74) is 0. The summed E-state index contributed by atoms with van der Waals surface area (Å²) in [6.07, 6.45) is 5.35. The second-order valence-corrected chi connectivity index (χ2v) is 9.19. The van der Waals surface area contributed by atoms with Crippen molar-refractivity contribution in [3.8, 4) is 0 Å². The molecule has 0 aliphatic carbocycles. The minimum absolute atomic E-state index is 0.650. The quantitative estimate of drug-likeness (QED) is 0.393. The molecule has 1 rings (SSSR count). The Balaban J connectivity index is 2.23. The molecular weight excluding hydrogens is 287 g/mol. The number of hydrogen-bond acceptors (Lipinski definition) is 2. The molecule has 0 nitrogen and oxygen atoms in total. The summed E-state index contributed by atoms with van der Waals surface area (Å²) in [6, 6.07) is 4.68. The van der Waals surface area contributed by atoms with Crippen LogP contribution in [0, 0.1) is 0 Å². The van der Waals surface area contributed by atoms with Crippen molar-refractivity contribution in [2.45, 2.75) is 47.1 Å². The zero-order chi connectivity index (χ0) is 10.9. The Kier molecular flexibility index (Phi) is 8.08. The molecule has 0 atom stereocenters. The summed E-state index contributed by atoms with van der Waals surface area (Å²) in [7, 11) is 0. The van der Waals surface area contributed by atoms with E-state index in [0.717, 1.165) is 0 Å². The van der Waals surface area contributed by atoms with Gasteiger partial charge in [-0.2, -0.15) is 0 Å². The molecule has 0 aliphatic rings. The first kappa shape index (κ1) is 13.8. The molecule has 0 spiro atoms. The Morgan fingerprint density at radius 1 is 0.933 bits per heavy atom. The summed E-state index contributed by atoms with van der Waals surface area (Å²) < 4.78 is 3.27. The Hall–Kier alpha value is 0.699. The van der Waals surface area contributed by atoms with Gasteiger partial charge in [-0.1, -0.05) is 0 Å². The van der Waals surface area contributed by atoms with Crippen molar-refractivity contribution in [3.05, 3.63) is 12.1 Å². The zero-order valence-corrected chi connectivity index (χ0v) is 13.0. The molecule has 0 unspecified atom stereocenters. The van der Waals surface area contributed by atoms with Crippen LogP contribution < -0.4 is 0 Å². The van der Waals surface area contributed by atoms with Crippen LogP contribution in [0.1, 0.15) is 39.5 Å². The van der Waals surface area contributed by atoms with E-state index >= 15 is 0 Å². The predicted molar refractivity (Wildman–Crippen MR) is 74.6 cm³/mol.